The van der Waals surface area contributed by atoms with E-state index >= 15 is 0 Å². The summed E-state index contributed by atoms with van der Waals surface area (Å²) in [6.07, 6.45) is 5.81. The normalized spacial score (nSPS) is 19.9. The molecule has 1 aromatic heterocycles. The first-order chi connectivity index (χ1) is 14.5. The zero-order valence-corrected chi connectivity index (χ0v) is 18.6. The number of benzene rings is 1. The summed E-state index contributed by atoms with van der Waals surface area (Å²) in [5.41, 5.74) is 0.388. The summed E-state index contributed by atoms with van der Waals surface area (Å²) in [6, 6.07) is 10.3. The van der Waals surface area contributed by atoms with Crippen LogP contribution in [0, 0.1) is 0 Å². The van der Waals surface area contributed by atoms with Gasteiger partial charge in [-0.1, -0.05) is 25.0 Å². The summed E-state index contributed by atoms with van der Waals surface area (Å²) in [5.74, 6) is -0.170. The molecule has 30 heavy (non-hydrogen) atoms. The van der Waals surface area contributed by atoms with Crippen LogP contribution in [0.2, 0.25) is 0 Å². The van der Waals surface area contributed by atoms with E-state index in [1.807, 2.05) is 17.5 Å². The van der Waals surface area contributed by atoms with Gasteiger partial charge in [0.2, 0.25) is 10.0 Å². The lowest BCUT2D eigenvalue weighted by molar-refractivity contribution is 0.0509. The minimum absolute atomic E-state index is 0.01000. The third-order valence-corrected chi connectivity index (χ3v) is 8.11. The molecule has 1 N–H and O–H groups in total. The van der Waals surface area contributed by atoms with Crippen molar-refractivity contribution in [3.05, 3.63) is 52.2 Å². The molecule has 1 amide bonds. The molecule has 162 valence electrons. The maximum atomic E-state index is 13.3. The molecule has 0 bridgehead atoms. The molecule has 2 aromatic rings. The second kappa shape index (κ2) is 9.60. The average molecular weight is 449 g/mol. The number of nitrogens with one attached hydrogen (secondary N) is 1. The van der Waals surface area contributed by atoms with Crippen LogP contribution in [0.4, 0.5) is 0 Å². The van der Waals surface area contributed by atoms with Gasteiger partial charge < -0.3 is 9.64 Å². The summed E-state index contributed by atoms with van der Waals surface area (Å²) in [7, 11) is -3.64. The fourth-order valence-electron chi connectivity index (χ4n) is 4.15. The maximum absolute atomic E-state index is 13.3. The number of carbonyl (C=O) groups is 1. The molecule has 2 heterocycles. The van der Waals surface area contributed by atoms with Crippen molar-refractivity contribution in [1.29, 1.82) is 0 Å². The summed E-state index contributed by atoms with van der Waals surface area (Å²) >= 11 is 1.61. The average Bonchev–Trinajstić information content (AvgIpc) is 3.51. The molecule has 4 rings (SSSR count). The van der Waals surface area contributed by atoms with Gasteiger partial charge in [0, 0.05) is 29.6 Å². The largest absolute Gasteiger partial charge is 0.376 e. The number of carbonyl (C=O) groups excluding carboxylic acids is 1. The summed E-state index contributed by atoms with van der Waals surface area (Å²) in [4.78, 5) is 16.4. The van der Waals surface area contributed by atoms with Gasteiger partial charge in [-0.05, 0) is 55.3 Å². The van der Waals surface area contributed by atoms with E-state index < -0.39 is 10.0 Å². The molecule has 6 nitrogen and oxygen atoms in total. The third kappa shape index (κ3) is 5.29. The van der Waals surface area contributed by atoms with Crippen LogP contribution in [-0.2, 0) is 21.3 Å². The van der Waals surface area contributed by atoms with Crippen LogP contribution in [0.1, 0.15) is 53.8 Å². The maximum Gasteiger partial charge on any atom is 0.254 e. The SMILES string of the molecule is O=C(c1cccc(S(=O)(=O)NC2CCCC2)c1)N(Cc1cccs1)CC1CCCO1. The highest BCUT2D eigenvalue weighted by Crippen LogP contribution is 2.23. The number of thiophene rings is 1. The molecule has 1 saturated heterocycles. The van der Waals surface area contributed by atoms with Crippen LogP contribution in [0.25, 0.3) is 0 Å². The smallest absolute Gasteiger partial charge is 0.254 e. The van der Waals surface area contributed by atoms with Gasteiger partial charge in [0.05, 0.1) is 17.5 Å². The minimum atomic E-state index is -3.64. The molecule has 2 aliphatic rings. The highest BCUT2D eigenvalue weighted by molar-refractivity contribution is 7.89. The molecule has 1 saturated carbocycles. The van der Waals surface area contributed by atoms with E-state index in [0.717, 1.165) is 50.0 Å². The molecule has 1 aliphatic carbocycles. The first kappa shape index (κ1) is 21.5. The number of hydrogen-bond acceptors (Lipinski definition) is 5. The van der Waals surface area contributed by atoms with Gasteiger partial charge in [0.1, 0.15) is 0 Å². The molecule has 0 radical (unpaired) electrons. The lowest BCUT2D eigenvalue weighted by Crippen LogP contribution is -2.37. The van der Waals surface area contributed by atoms with E-state index in [-0.39, 0.29) is 22.9 Å². The number of hydrogen-bond donors (Lipinski definition) is 1. The molecule has 1 aliphatic heterocycles. The monoisotopic (exact) mass is 448 g/mol. The Hall–Kier alpha value is -1.74. The van der Waals surface area contributed by atoms with Crippen molar-refractivity contribution in [2.45, 2.75) is 62.1 Å². The fourth-order valence-corrected chi connectivity index (χ4v) is 6.22. The van der Waals surface area contributed by atoms with Crippen molar-refractivity contribution in [2.75, 3.05) is 13.2 Å². The van der Waals surface area contributed by atoms with Gasteiger partial charge in [-0.3, -0.25) is 4.79 Å². The van der Waals surface area contributed by atoms with Crippen LogP contribution >= 0.6 is 11.3 Å². The molecule has 0 spiro atoms. The fraction of sp³-hybridized carbons (Fsp3) is 0.500. The molecule has 8 heteroatoms. The van der Waals surface area contributed by atoms with Crippen LogP contribution in [0.3, 0.4) is 0 Å². The Morgan fingerprint density at radius 1 is 1.13 bits per heavy atom. The van der Waals surface area contributed by atoms with Crippen molar-refractivity contribution >= 4 is 27.3 Å². The quantitative estimate of drug-likeness (QED) is 0.667. The van der Waals surface area contributed by atoms with Gasteiger partial charge in [-0.2, -0.15) is 0 Å². The third-order valence-electron chi connectivity index (χ3n) is 5.73. The standard InChI is InChI=1S/C22H28N2O4S2/c25-22(24(15-19-9-4-12-28-19)16-20-10-5-13-29-20)17-6-3-11-21(14-17)30(26,27)23-18-7-1-2-8-18/h3,5-6,10-11,13-14,18-19,23H,1-2,4,7-9,12,15-16H2. The second-order valence-electron chi connectivity index (χ2n) is 8.03. The van der Waals surface area contributed by atoms with Crippen LogP contribution in [0.5, 0.6) is 0 Å². The van der Waals surface area contributed by atoms with Gasteiger partial charge in [0.15, 0.2) is 0 Å². The Labute approximate surface area is 182 Å². The Morgan fingerprint density at radius 2 is 1.97 bits per heavy atom. The Bertz CT molecular complexity index is 947. The lowest BCUT2D eigenvalue weighted by Gasteiger charge is -2.25. The minimum Gasteiger partial charge on any atom is -0.376 e. The van der Waals surface area contributed by atoms with E-state index in [0.29, 0.717) is 18.7 Å². The van der Waals surface area contributed by atoms with Crippen molar-refractivity contribution in [3.63, 3.8) is 0 Å². The molecule has 1 aromatic carbocycles. The molecule has 1 unspecified atom stereocenters. The zero-order chi connectivity index (χ0) is 21.0. The Kier molecular flexibility index (Phi) is 6.87. The number of amides is 1. The first-order valence-corrected chi connectivity index (χ1v) is 12.9. The van der Waals surface area contributed by atoms with E-state index in [4.69, 9.17) is 4.74 Å². The lowest BCUT2D eigenvalue weighted by atomic mass is 10.1. The van der Waals surface area contributed by atoms with Crippen LogP contribution in [0.15, 0.2) is 46.7 Å². The topological polar surface area (TPSA) is 75.7 Å². The number of nitrogens with zero attached hydrogens (tertiary/aromatic N) is 1. The van der Waals surface area contributed by atoms with E-state index in [9.17, 15) is 13.2 Å². The number of sulfonamides is 1. The van der Waals surface area contributed by atoms with Crippen molar-refractivity contribution < 1.29 is 17.9 Å². The molecule has 2 fully saturated rings. The summed E-state index contributed by atoms with van der Waals surface area (Å²) in [6.45, 7) is 1.73. The summed E-state index contributed by atoms with van der Waals surface area (Å²) < 4.78 is 34.2. The van der Waals surface area contributed by atoms with Gasteiger partial charge in [-0.25, -0.2) is 13.1 Å². The van der Waals surface area contributed by atoms with Crippen molar-refractivity contribution in [2.24, 2.45) is 0 Å². The van der Waals surface area contributed by atoms with E-state index in [1.165, 1.54) is 6.07 Å². The highest BCUT2D eigenvalue weighted by atomic mass is 32.2. The predicted octanol–water partition coefficient (Wildman–Crippen LogP) is 3.79. The molecular weight excluding hydrogens is 420 g/mol. The molecule has 1 atom stereocenters. The van der Waals surface area contributed by atoms with Gasteiger partial charge in [-0.15, -0.1) is 11.3 Å². The number of ether oxygens (including phenoxy) is 1. The Morgan fingerprint density at radius 3 is 2.67 bits per heavy atom. The predicted molar refractivity (Wildman–Crippen MR) is 117 cm³/mol. The van der Waals surface area contributed by atoms with E-state index in [2.05, 4.69) is 4.72 Å². The highest BCUT2D eigenvalue weighted by Gasteiger charge is 2.26. The second-order valence-corrected chi connectivity index (χ2v) is 10.8. The van der Waals surface area contributed by atoms with Crippen molar-refractivity contribution in [1.82, 2.24) is 9.62 Å². The van der Waals surface area contributed by atoms with Crippen LogP contribution in [-0.4, -0.2) is 44.5 Å². The van der Waals surface area contributed by atoms with Gasteiger partial charge in [0.25, 0.3) is 5.91 Å². The molecular formula is C22H28N2O4S2. The van der Waals surface area contributed by atoms with Crippen molar-refractivity contribution in [3.8, 4) is 0 Å². The number of rotatable bonds is 8. The van der Waals surface area contributed by atoms with Crippen LogP contribution < -0.4 is 4.72 Å². The zero-order valence-electron chi connectivity index (χ0n) is 17.0. The first-order valence-electron chi connectivity index (χ1n) is 10.6. The summed E-state index contributed by atoms with van der Waals surface area (Å²) in [5, 5.41) is 1.99. The van der Waals surface area contributed by atoms with E-state index in [1.54, 1.807) is 34.4 Å². The van der Waals surface area contributed by atoms with Gasteiger partial charge >= 0.3 is 0 Å². The Balaban J connectivity index is 1.53.